The van der Waals surface area contributed by atoms with Crippen molar-refractivity contribution in [3.8, 4) is 56.3 Å². The minimum Gasteiger partial charge on any atom is -0.457 e. The molecule has 438 valence electrons. The quantitative estimate of drug-likeness (QED) is 0.155. The van der Waals surface area contributed by atoms with E-state index in [1.807, 2.05) is 146 Å². The van der Waals surface area contributed by atoms with Crippen LogP contribution in [0.5, 0.6) is 11.5 Å². The van der Waals surface area contributed by atoms with E-state index < -0.39 is 109 Å². The van der Waals surface area contributed by atoms with Gasteiger partial charge in [0, 0.05) is 66.5 Å². The molecule has 0 aliphatic carbocycles. The van der Waals surface area contributed by atoms with E-state index in [0.29, 0.717) is 34.1 Å². The Morgan fingerprint density at radius 2 is 0.848 bits per heavy atom. The zero-order valence-corrected chi connectivity index (χ0v) is 51.3. The van der Waals surface area contributed by atoms with E-state index in [2.05, 4.69) is 95.0 Å². The molecule has 18 rings (SSSR count). The highest BCUT2D eigenvalue weighted by Crippen LogP contribution is 2.59. The first-order valence-electron chi connectivity index (χ1n) is 39.1. The van der Waals surface area contributed by atoms with Gasteiger partial charge in [0.15, 0.2) is 0 Å². The summed E-state index contributed by atoms with van der Waals surface area (Å²) >= 11 is 0. The summed E-state index contributed by atoms with van der Waals surface area (Å²) in [5.41, 5.74) is 12.7. The van der Waals surface area contributed by atoms with Crippen molar-refractivity contribution in [1.82, 2.24) is 9.13 Å². The van der Waals surface area contributed by atoms with Gasteiger partial charge in [-0.1, -0.05) is 277 Å². The maximum Gasteiger partial charge on any atom is 0.247 e. The molecule has 0 saturated heterocycles. The van der Waals surface area contributed by atoms with E-state index in [1.54, 1.807) is 4.57 Å². The molecule has 0 atom stereocenters. The monoisotopic (exact) mass is 1200 g/mol. The highest BCUT2D eigenvalue weighted by Gasteiger charge is 2.55. The second-order valence-electron chi connectivity index (χ2n) is 26.4. The van der Waals surface area contributed by atoms with Gasteiger partial charge in [-0.05, 0) is 127 Å². The van der Waals surface area contributed by atoms with Crippen molar-refractivity contribution < 1.29 is 26.7 Å². The molecule has 1 spiro atoms. The van der Waals surface area contributed by atoms with Gasteiger partial charge >= 0.3 is 0 Å². The number of fused-ring (bicyclic) bond motifs is 16. The molecule has 0 N–H and O–H groups in total. The first kappa shape index (κ1) is 40.0. The van der Waals surface area contributed by atoms with Gasteiger partial charge in [0.05, 0.1) is 55.1 Å². The predicted molar refractivity (Wildman–Crippen MR) is 387 cm³/mol. The summed E-state index contributed by atoms with van der Waals surface area (Å²) in [4.78, 5) is 2.18. The maximum atomic E-state index is 10.1. The van der Waals surface area contributed by atoms with Crippen LogP contribution in [-0.2, 0) is 16.2 Å². The van der Waals surface area contributed by atoms with Gasteiger partial charge in [0.25, 0.3) is 0 Å². The molecule has 5 heteroatoms. The fraction of sp³-hybridized carbons (Fsp3) is 0.103. The summed E-state index contributed by atoms with van der Waals surface area (Å²) in [6.07, 6.45) is 0. The number of rotatable bonds is 6. The summed E-state index contributed by atoms with van der Waals surface area (Å²) in [7, 11) is 0. The van der Waals surface area contributed by atoms with Crippen molar-refractivity contribution in [3.05, 3.63) is 324 Å². The SMILES string of the molecule is [2H]c1c([2H])c([2H])c2c(c1[2H])c1c([2H])c([2H])c([2H])c([2H])c1n2-c1ccc2c(c1)N(c1c(-c3ccccc3)cccc1-c1ccccc1)c1cc(-n3c4c([2H])c([2H])c([2H])c([2H])c4c4c([2H])c([2H])c([2H])c([2H])c43)cc3c1B2c1cc(-c2cc(C(C)(C)C)cc(C(C)(C)C)c2)ccc1C31c2ccccc2Oc2ccccc21. The minimum absolute atomic E-state index is 0.0796. The maximum absolute atomic E-state index is 10.1. The van der Waals surface area contributed by atoms with Gasteiger partial charge in [-0.25, -0.2) is 0 Å². The Morgan fingerprint density at radius 3 is 1.37 bits per heavy atom. The molecule has 0 saturated carbocycles. The van der Waals surface area contributed by atoms with Crippen molar-refractivity contribution in [1.29, 1.82) is 0 Å². The molecule has 0 amide bonds. The largest absolute Gasteiger partial charge is 0.457 e. The lowest BCUT2D eigenvalue weighted by Gasteiger charge is -2.50. The average molecular weight is 1200 g/mol. The van der Waals surface area contributed by atoms with Crippen LogP contribution in [0.3, 0.4) is 0 Å². The van der Waals surface area contributed by atoms with E-state index in [0.717, 1.165) is 77.6 Å². The molecule has 3 aliphatic heterocycles. The summed E-state index contributed by atoms with van der Waals surface area (Å²) in [5.74, 6) is 1.11. The van der Waals surface area contributed by atoms with E-state index in [-0.39, 0.29) is 65.8 Å². The smallest absolute Gasteiger partial charge is 0.247 e. The molecule has 3 aliphatic rings. The van der Waals surface area contributed by atoms with Crippen LogP contribution in [0.4, 0.5) is 17.1 Å². The molecule has 2 aromatic heterocycles. The third-order valence-corrected chi connectivity index (χ3v) is 19.2. The van der Waals surface area contributed by atoms with Crippen molar-refractivity contribution >= 4 is 83.8 Å². The fourth-order valence-corrected chi connectivity index (χ4v) is 15.1. The molecule has 5 heterocycles. The van der Waals surface area contributed by atoms with E-state index in [9.17, 15) is 19.2 Å². The number of para-hydroxylation sites is 7. The lowest BCUT2D eigenvalue weighted by molar-refractivity contribution is 0.435. The molecular weight excluding hydrogens is 1110 g/mol. The number of ether oxygens (including phenoxy) is 1. The van der Waals surface area contributed by atoms with Crippen LogP contribution < -0.4 is 26.0 Å². The van der Waals surface area contributed by atoms with E-state index in [4.69, 9.17) is 7.48 Å². The van der Waals surface area contributed by atoms with Crippen molar-refractivity contribution in [2.45, 2.75) is 57.8 Å². The van der Waals surface area contributed by atoms with Crippen LogP contribution in [0.15, 0.2) is 291 Å². The molecule has 0 radical (unpaired) electrons. The molecule has 4 nitrogen and oxygen atoms in total. The van der Waals surface area contributed by atoms with Crippen LogP contribution in [0.2, 0.25) is 0 Å². The first-order chi connectivity index (χ1) is 51.6. The Labute approximate surface area is 560 Å². The standard InChI is InChI=1S/C87H66BN3O/c1-85(2,3)59-48-58(49-60(51-59)86(4,5)6)57-44-46-69-74(50-57)88-73-47-45-61(89-75-38-19-13-30-65(75)66-31-14-20-39-76(66)89)53-79(73)91(84-63(55-26-9-7-10-27-55)34-25-35-64(84)56-28-11-8-12-29-56)80-54-62(90-77-40-21-15-32-67(77)68-33-16-22-41-78(68)90)52-72(83(80)88)87(69)70-36-17-23-42-81(70)92-82-43-24-18-37-71(82)87/h7-54H,1-6H3/i13D,14D,15D,16D,19D,20D,21D,22D,30D,31D,32D,33D,38D,39D,40D,41D. The minimum atomic E-state index is -1.38. The third kappa shape index (κ3) is 7.91. The number of nitrogens with zero attached hydrogens (tertiary/aromatic N) is 3. The predicted octanol–water partition coefficient (Wildman–Crippen LogP) is 20.6. The Bertz CT molecular complexity index is 6250. The Hall–Kier alpha value is -10.9. The van der Waals surface area contributed by atoms with Crippen molar-refractivity contribution in [3.63, 3.8) is 0 Å². The molecule has 0 fully saturated rings. The highest BCUT2D eigenvalue weighted by molar-refractivity contribution is 6.99. The number of benzene rings is 13. The first-order valence-corrected chi connectivity index (χ1v) is 31.1. The van der Waals surface area contributed by atoms with Gasteiger partial charge in [0.1, 0.15) is 11.5 Å². The second-order valence-corrected chi connectivity index (χ2v) is 26.4. The lowest BCUT2D eigenvalue weighted by atomic mass is 9.29. The molecule has 15 aromatic rings. The summed E-state index contributed by atoms with van der Waals surface area (Å²) < 4.78 is 163. The number of hydrogen-bond acceptors (Lipinski definition) is 2. The van der Waals surface area contributed by atoms with Crippen LogP contribution in [0.1, 0.15) is 96.9 Å². The average Bonchev–Trinajstić information content (AvgIpc) is 0.731. The highest BCUT2D eigenvalue weighted by atomic mass is 16.5. The lowest BCUT2D eigenvalue weighted by Crippen LogP contribution is -2.65. The van der Waals surface area contributed by atoms with Gasteiger partial charge < -0.3 is 18.8 Å². The van der Waals surface area contributed by atoms with Gasteiger partial charge in [0.2, 0.25) is 6.71 Å². The molecular formula is C87H66BN3O. The molecule has 0 bridgehead atoms. The number of hydrogen-bond donors (Lipinski definition) is 0. The van der Waals surface area contributed by atoms with E-state index >= 15 is 0 Å². The van der Waals surface area contributed by atoms with Gasteiger partial charge in [-0.15, -0.1) is 0 Å². The third-order valence-electron chi connectivity index (χ3n) is 19.2. The zero-order valence-electron chi connectivity index (χ0n) is 67.3. The zero-order chi connectivity index (χ0) is 75.7. The molecule has 92 heavy (non-hydrogen) atoms. The van der Waals surface area contributed by atoms with Crippen molar-refractivity contribution in [2.75, 3.05) is 4.90 Å². The topological polar surface area (TPSA) is 22.3 Å². The van der Waals surface area contributed by atoms with Crippen LogP contribution >= 0.6 is 0 Å². The second kappa shape index (κ2) is 20.1. The Morgan fingerprint density at radius 1 is 0.370 bits per heavy atom. The van der Waals surface area contributed by atoms with Gasteiger partial charge in [-0.2, -0.15) is 0 Å². The molecule has 13 aromatic carbocycles. The number of aromatic nitrogens is 2. The fourth-order valence-electron chi connectivity index (χ4n) is 15.1. The Kier molecular flexibility index (Phi) is 8.72. The summed E-state index contributed by atoms with van der Waals surface area (Å²) in [5, 5.41) is -0.411. The van der Waals surface area contributed by atoms with Crippen molar-refractivity contribution in [2.24, 2.45) is 0 Å². The van der Waals surface area contributed by atoms with Gasteiger partial charge in [-0.3, -0.25) is 0 Å². The van der Waals surface area contributed by atoms with Crippen LogP contribution in [0.25, 0.3) is 88.4 Å². The summed E-state index contributed by atoms with van der Waals surface area (Å²) in [6.45, 7) is 12.5. The van der Waals surface area contributed by atoms with Crippen LogP contribution in [-0.4, -0.2) is 15.8 Å². The van der Waals surface area contributed by atoms with Crippen LogP contribution in [0, 0.1) is 0 Å². The number of anilines is 3. The van der Waals surface area contributed by atoms with E-state index in [1.165, 1.54) is 4.57 Å². The normalized spacial score (nSPS) is 16.1. The molecule has 0 unspecified atom stereocenters. The summed E-state index contributed by atoms with van der Waals surface area (Å²) in [6, 6.07) is 56.6. The Balaban J connectivity index is 1.11.